The summed E-state index contributed by atoms with van der Waals surface area (Å²) in [6, 6.07) is 0.0741. The molecule has 3 aliphatic rings. The fourth-order valence-electron chi connectivity index (χ4n) is 3.24. The van der Waals surface area contributed by atoms with Crippen LogP contribution in [0.25, 0.3) is 0 Å². The van der Waals surface area contributed by atoms with E-state index >= 15 is 0 Å². The van der Waals surface area contributed by atoms with Crippen LogP contribution in [0, 0.1) is 11.3 Å². The minimum atomic E-state index is 0.0741. The summed E-state index contributed by atoms with van der Waals surface area (Å²) in [6.07, 6.45) is 6.67. The minimum absolute atomic E-state index is 0.0741. The molecule has 1 aliphatic heterocycles. The topological polar surface area (TPSA) is 32.3 Å². The smallest absolute Gasteiger partial charge is 0.241 e. The molecule has 1 amide bonds. The van der Waals surface area contributed by atoms with Crippen molar-refractivity contribution in [2.24, 2.45) is 11.3 Å². The zero-order chi connectivity index (χ0) is 11.3. The summed E-state index contributed by atoms with van der Waals surface area (Å²) in [5, 5.41) is 3.39. The van der Waals surface area contributed by atoms with E-state index in [-0.39, 0.29) is 12.2 Å². The number of hydrogen-bond acceptors (Lipinski definition) is 2. The van der Waals surface area contributed by atoms with Crippen LogP contribution in [0.2, 0.25) is 0 Å². The summed E-state index contributed by atoms with van der Waals surface area (Å²) in [5.74, 6) is 1.27. The predicted molar refractivity (Wildman–Crippen MR) is 62.8 cm³/mol. The zero-order valence-corrected chi connectivity index (χ0v) is 10.3. The molecule has 0 aromatic rings. The van der Waals surface area contributed by atoms with E-state index in [0.717, 1.165) is 18.9 Å². The van der Waals surface area contributed by atoms with Crippen LogP contribution >= 0.6 is 0 Å². The summed E-state index contributed by atoms with van der Waals surface area (Å²) >= 11 is 0. The molecule has 1 heterocycles. The second kappa shape index (κ2) is 3.46. The highest BCUT2D eigenvalue weighted by molar-refractivity contribution is 5.84. The number of amides is 1. The maximum atomic E-state index is 12.2. The Balaban J connectivity index is 1.68. The number of nitrogens with zero attached hydrogens (tertiary/aromatic N) is 1. The van der Waals surface area contributed by atoms with Crippen molar-refractivity contribution in [2.75, 3.05) is 6.54 Å². The van der Waals surface area contributed by atoms with Gasteiger partial charge in [-0.15, -0.1) is 0 Å². The van der Waals surface area contributed by atoms with Gasteiger partial charge >= 0.3 is 0 Å². The second-order valence-corrected chi connectivity index (χ2v) is 5.91. The summed E-state index contributed by atoms with van der Waals surface area (Å²) in [4.78, 5) is 14.3. The van der Waals surface area contributed by atoms with Gasteiger partial charge in [0.2, 0.25) is 5.91 Å². The molecule has 0 aromatic heterocycles. The lowest BCUT2D eigenvalue weighted by atomic mass is 9.99. The lowest BCUT2D eigenvalue weighted by Crippen LogP contribution is -2.39. The van der Waals surface area contributed by atoms with Gasteiger partial charge in [-0.1, -0.05) is 6.92 Å². The van der Waals surface area contributed by atoms with Gasteiger partial charge in [-0.3, -0.25) is 10.1 Å². The molecule has 3 rings (SSSR count). The van der Waals surface area contributed by atoms with Crippen molar-refractivity contribution in [3.8, 4) is 0 Å². The normalized spacial score (nSPS) is 36.9. The molecule has 0 aromatic carbocycles. The Hall–Kier alpha value is -0.570. The summed E-state index contributed by atoms with van der Waals surface area (Å²) in [6.45, 7) is 5.22. The molecule has 3 nitrogen and oxygen atoms in total. The lowest BCUT2D eigenvalue weighted by Gasteiger charge is -2.26. The van der Waals surface area contributed by atoms with Gasteiger partial charge in [-0.25, -0.2) is 0 Å². The van der Waals surface area contributed by atoms with Crippen LogP contribution < -0.4 is 5.32 Å². The van der Waals surface area contributed by atoms with Crippen molar-refractivity contribution < 1.29 is 4.79 Å². The van der Waals surface area contributed by atoms with E-state index in [1.807, 2.05) is 0 Å². The largest absolute Gasteiger partial charge is 0.326 e. The third-order valence-corrected chi connectivity index (χ3v) is 4.72. The number of nitrogens with one attached hydrogen (secondary N) is 1. The van der Waals surface area contributed by atoms with Gasteiger partial charge in [0.05, 0.1) is 12.2 Å². The predicted octanol–water partition coefficient (Wildman–Crippen LogP) is 1.73. The van der Waals surface area contributed by atoms with Gasteiger partial charge in [0.15, 0.2) is 0 Å². The molecule has 0 bridgehead atoms. The molecule has 90 valence electrons. The van der Waals surface area contributed by atoms with Crippen LogP contribution in [0.4, 0.5) is 0 Å². The van der Waals surface area contributed by atoms with E-state index in [1.165, 1.54) is 25.7 Å². The van der Waals surface area contributed by atoms with Gasteiger partial charge < -0.3 is 4.90 Å². The van der Waals surface area contributed by atoms with E-state index < -0.39 is 0 Å². The first-order valence-corrected chi connectivity index (χ1v) is 6.73. The monoisotopic (exact) mass is 222 g/mol. The average molecular weight is 222 g/mol. The Bertz CT molecular complexity index is 307. The van der Waals surface area contributed by atoms with Crippen molar-refractivity contribution in [1.29, 1.82) is 0 Å². The number of hydrogen-bond donors (Lipinski definition) is 1. The van der Waals surface area contributed by atoms with Crippen molar-refractivity contribution in [3.63, 3.8) is 0 Å². The third kappa shape index (κ3) is 1.56. The maximum Gasteiger partial charge on any atom is 0.241 e. The second-order valence-electron chi connectivity index (χ2n) is 5.91. The molecule has 2 saturated carbocycles. The quantitative estimate of drug-likeness (QED) is 0.785. The fourth-order valence-corrected chi connectivity index (χ4v) is 3.24. The van der Waals surface area contributed by atoms with Crippen LogP contribution in [0.15, 0.2) is 0 Å². The van der Waals surface area contributed by atoms with Crippen molar-refractivity contribution in [2.45, 2.75) is 58.2 Å². The van der Waals surface area contributed by atoms with Gasteiger partial charge in [-0.2, -0.15) is 0 Å². The van der Waals surface area contributed by atoms with E-state index in [1.54, 1.807) is 0 Å². The Morgan fingerprint density at radius 2 is 2.12 bits per heavy atom. The Morgan fingerprint density at radius 3 is 2.56 bits per heavy atom. The molecule has 3 fully saturated rings. The van der Waals surface area contributed by atoms with Gasteiger partial charge in [0, 0.05) is 6.54 Å². The van der Waals surface area contributed by atoms with Crippen molar-refractivity contribution in [1.82, 2.24) is 10.2 Å². The van der Waals surface area contributed by atoms with Gasteiger partial charge in [-0.05, 0) is 50.4 Å². The Labute approximate surface area is 97.6 Å². The molecule has 2 aliphatic carbocycles. The van der Waals surface area contributed by atoms with Crippen LogP contribution in [0.1, 0.15) is 46.0 Å². The number of rotatable bonds is 4. The van der Waals surface area contributed by atoms with E-state index in [0.29, 0.717) is 11.3 Å². The highest BCUT2D eigenvalue weighted by Gasteiger charge is 2.56. The van der Waals surface area contributed by atoms with Crippen molar-refractivity contribution in [3.05, 3.63) is 0 Å². The SMILES string of the molecule is CCC1NC(C)N(CC2(C3CC3)CC2)C1=O. The van der Waals surface area contributed by atoms with Gasteiger partial charge in [0.1, 0.15) is 0 Å². The van der Waals surface area contributed by atoms with E-state index in [9.17, 15) is 4.79 Å². The lowest BCUT2D eigenvalue weighted by molar-refractivity contribution is -0.130. The van der Waals surface area contributed by atoms with Crippen LogP contribution in [0.5, 0.6) is 0 Å². The van der Waals surface area contributed by atoms with Gasteiger partial charge in [0.25, 0.3) is 0 Å². The summed E-state index contributed by atoms with van der Waals surface area (Å²) < 4.78 is 0. The molecule has 1 N–H and O–H groups in total. The number of carbonyl (C=O) groups excluding carboxylic acids is 1. The molecular weight excluding hydrogens is 200 g/mol. The van der Waals surface area contributed by atoms with Crippen molar-refractivity contribution >= 4 is 5.91 Å². The summed E-state index contributed by atoms with van der Waals surface area (Å²) in [7, 11) is 0. The minimum Gasteiger partial charge on any atom is -0.326 e. The Kier molecular flexibility index (Phi) is 2.29. The molecule has 16 heavy (non-hydrogen) atoms. The first-order chi connectivity index (χ1) is 7.66. The molecule has 2 atom stereocenters. The van der Waals surface area contributed by atoms with E-state index in [4.69, 9.17) is 0 Å². The first kappa shape index (κ1) is 10.6. The van der Waals surface area contributed by atoms with Crippen LogP contribution in [0.3, 0.4) is 0 Å². The highest BCUT2D eigenvalue weighted by atomic mass is 16.2. The molecule has 0 spiro atoms. The van der Waals surface area contributed by atoms with Crippen LogP contribution in [-0.4, -0.2) is 29.6 Å². The summed E-state index contributed by atoms with van der Waals surface area (Å²) in [5.41, 5.74) is 0.536. The average Bonchev–Trinajstić information content (AvgIpc) is 3.13. The third-order valence-electron chi connectivity index (χ3n) is 4.72. The zero-order valence-electron chi connectivity index (χ0n) is 10.3. The van der Waals surface area contributed by atoms with Crippen LogP contribution in [-0.2, 0) is 4.79 Å². The number of carbonyl (C=O) groups is 1. The fraction of sp³-hybridized carbons (Fsp3) is 0.923. The molecule has 2 unspecified atom stereocenters. The molecule has 3 heteroatoms. The molecule has 1 saturated heterocycles. The highest BCUT2D eigenvalue weighted by Crippen LogP contribution is 2.61. The maximum absolute atomic E-state index is 12.2. The first-order valence-electron chi connectivity index (χ1n) is 6.73. The van der Waals surface area contributed by atoms with E-state index in [2.05, 4.69) is 24.1 Å². The Morgan fingerprint density at radius 1 is 1.44 bits per heavy atom. The molecule has 0 radical (unpaired) electrons. The standard InChI is InChI=1S/C13H22N2O/c1-3-11-12(16)15(9(2)14-11)8-13(6-7-13)10-4-5-10/h9-11,14H,3-8H2,1-2H3. The molecular formula is C13H22N2O.